The highest BCUT2D eigenvalue weighted by Crippen LogP contribution is 2.61. The third kappa shape index (κ3) is 21.2. The normalized spacial score (nSPS) is 12.5. The third-order valence-corrected chi connectivity index (χ3v) is 11.9. The minimum atomic E-state index is -6.09. The lowest BCUT2D eigenvalue weighted by molar-refractivity contribution is -0.0517. The summed E-state index contributed by atoms with van der Waals surface area (Å²) in [4.78, 5) is 0. The minimum absolute atomic E-state index is 0.620. The molecular weight excluding hydrogens is 468 g/mol. The van der Waals surface area contributed by atoms with E-state index in [1.54, 1.807) is 31.1 Å². The van der Waals surface area contributed by atoms with Crippen LogP contribution in [0.5, 0.6) is 0 Å². The molecule has 0 N–H and O–H groups in total. The molecule has 0 saturated carbocycles. The summed E-state index contributed by atoms with van der Waals surface area (Å²) in [6, 6.07) is 0. The zero-order chi connectivity index (χ0) is 25.6. The maximum atomic E-state index is 10.7. The fourth-order valence-electron chi connectivity index (χ4n) is 4.09. The molecule has 0 fully saturated rings. The van der Waals surface area contributed by atoms with Crippen LogP contribution in [0.15, 0.2) is 0 Å². The van der Waals surface area contributed by atoms with E-state index in [9.17, 15) is 13.2 Å². The van der Waals surface area contributed by atoms with Crippen molar-refractivity contribution in [2.45, 2.75) is 136 Å². The zero-order valence-electron chi connectivity index (χ0n) is 21.9. The Balaban J connectivity index is 0. The molecule has 0 rings (SSSR count). The van der Waals surface area contributed by atoms with Crippen molar-refractivity contribution in [3.05, 3.63) is 0 Å². The molecule has 0 unspecified atom stereocenters. The van der Waals surface area contributed by atoms with E-state index in [2.05, 4.69) is 27.7 Å². The first-order valence-electron chi connectivity index (χ1n) is 13.4. The van der Waals surface area contributed by atoms with Crippen molar-refractivity contribution in [2.24, 2.45) is 0 Å². The van der Waals surface area contributed by atoms with Gasteiger partial charge in [-0.1, -0.05) is 98.3 Å². The highest BCUT2D eigenvalue weighted by atomic mass is 32.2. The fraction of sp³-hybridized carbons (Fsp3) is 1.00. The first-order chi connectivity index (χ1) is 15.5. The van der Waals surface area contributed by atoms with Crippen molar-refractivity contribution in [1.82, 2.24) is 0 Å². The van der Waals surface area contributed by atoms with Crippen LogP contribution in [-0.4, -0.2) is 43.1 Å². The van der Waals surface area contributed by atoms with E-state index in [0.717, 1.165) is 0 Å². The van der Waals surface area contributed by atoms with Gasteiger partial charge in [0.15, 0.2) is 10.1 Å². The summed E-state index contributed by atoms with van der Waals surface area (Å²) in [6.45, 7) is 9.46. The Labute approximate surface area is 204 Å². The topological polar surface area (TPSA) is 57.2 Å². The van der Waals surface area contributed by atoms with Gasteiger partial charge in [0, 0.05) is 7.26 Å². The van der Waals surface area contributed by atoms with E-state index in [4.69, 9.17) is 13.0 Å². The maximum Gasteiger partial charge on any atom is 0.485 e. The molecule has 0 aliphatic carbocycles. The quantitative estimate of drug-likeness (QED) is 0.0695. The van der Waals surface area contributed by atoms with Gasteiger partial charge in [0.2, 0.25) is 0 Å². The SMILES string of the molecule is CCCCCCCCCCCC[P+](CCCC)(CCCC)CCCC.O=S(=O)([O-])C(F)(F)F. The molecular formula is C25H52F3O3PS. The predicted octanol–water partition coefficient (Wildman–Crippen LogP) is 9.38. The second-order valence-electron chi connectivity index (χ2n) is 9.38. The number of alkyl halides is 3. The fourth-order valence-corrected chi connectivity index (χ4v) is 9.28. The first kappa shape index (κ1) is 35.3. The van der Waals surface area contributed by atoms with Crippen LogP contribution < -0.4 is 0 Å². The summed E-state index contributed by atoms with van der Waals surface area (Å²) in [7, 11) is -6.71. The molecule has 0 aromatic carbocycles. The molecule has 0 aromatic rings. The van der Waals surface area contributed by atoms with E-state index in [-0.39, 0.29) is 0 Å². The van der Waals surface area contributed by atoms with Crippen LogP contribution in [0.1, 0.15) is 130 Å². The number of halogens is 3. The number of hydrogen-bond acceptors (Lipinski definition) is 3. The lowest BCUT2D eigenvalue weighted by atomic mass is 10.1. The van der Waals surface area contributed by atoms with Crippen molar-refractivity contribution < 1.29 is 26.1 Å². The van der Waals surface area contributed by atoms with Crippen LogP contribution in [-0.2, 0) is 10.1 Å². The second kappa shape index (κ2) is 21.4. The van der Waals surface area contributed by atoms with Gasteiger partial charge in [-0.2, -0.15) is 13.2 Å². The van der Waals surface area contributed by atoms with Gasteiger partial charge in [-0.05, 0) is 32.1 Å². The van der Waals surface area contributed by atoms with Gasteiger partial charge in [-0.25, -0.2) is 8.42 Å². The molecule has 0 aromatic heterocycles. The van der Waals surface area contributed by atoms with Gasteiger partial charge in [-0.15, -0.1) is 0 Å². The smallest absolute Gasteiger partial charge is 0.485 e. The molecule has 8 heteroatoms. The summed E-state index contributed by atoms with van der Waals surface area (Å²) in [5.41, 5.74) is -5.65. The Kier molecular flexibility index (Phi) is 22.9. The van der Waals surface area contributed by atoms with E-state index in [1.165, 1.54) is 96.3 Å². The lowest BCUT2D eigenvalue weighted by Gasteiger charge is -2.28. The first-order valence-corrected chi connectivity index (χ1v) is 17.3. The van der Waals surface area contributed by atoms with E-state index >= 15 is 0 Å². The van der Waals surface area contributed by atoms with Crippen molar-refractivity contribution in [3.8, 4) is 0 Å². The van der Waals surface area contributed by atoms with Crippen LogP contribution in [0.3, 0.4) is 0 Å². The van der Waals surface area contributed by atoms with Crippen LogP contribution >= 0.6 is 7.26 Å². The average molecular weight is 521 g/mol. The monoisotopic (exact) mass is 520 g/mol. The Bertz CT molecular complexity index is 504. The Hall–Kier alpha value is 0.130. The Morgan fingerprint density at radius 1 is 0.545 bits per heavy atom. The molecule has 0 atom stereocenters. The molecule has 0 saturated heterocycles. The van der Waals surface area contributed by atoms with Gasteiger partial charge < -0.3 is 4.55 Å². The second-order valence-corrected chi connectivity index (χ2v) is 15.2. The Morgan fingerprint density at radius 2 is 0.788 bits per heavy atom. The predicted molar refractivity (Wildman–Crippen MR) is 139 cm³/mol. The number of rotatable bonds is 20. The molecule has 0 radical (unpaired) electrons. The number of unbranched alkanes of at least 4 members (excludes halogenated alkanes) is 12. The molecule has 202 valence electrons. The maximum absolute atomic E-state index is 10.7. The molecule has 0 heterocycles. The van der Waals surface area contributed by atoms with Crippen molar-refractivity contribution in [3.63, 3.8) is 0 Å². The van der Waals surface area contributed by atoms with Crippen molar-refractivity contribution >= 4 is 17.4 Å². The summed E-state index contributed by atoms with van der Waals surface area (Å²) >= 11 is 0. The molecule has 0 aliphatic heterocycles. The lowest BCUT2D eigenvalue weighted by Crippen LogP contribution is -2.21. The molecule has 0 aliphatic rings. The highest BCUT2D eigenvalue weighted by Gasteiger charge is 2.37. The zero-order valence-corrected chi connectivity index (χ0v) is 23.6. The summed E-state index contributed by atoms with van der Waals surface area (Å²) in [5.74, 6) is 0. The standard InChI is InChI=1S/C24H52P.CHF3O3S/c1-5-9-13-14-15-16-17-18-19-20-24-25(21-10-6-2,22-11-7-3)23-12-8-4;2-1(3,4)8(5,6)7/h5-24H2,1-4H3;(H,5,6,7)/q+1;/p-1. The van der Waals surface area contributed by atoms with Crippen LogP contribution in [0.25, 0.3) is 0 Å². The molecule has 33 heavy (non-hydrogen) atoms. The van der Waals surface area contributed by atoms with Gasteiger partial charge in [0.1, 0.15) is 0 Å². The van der Waals surface area contributed by atoms with Crippen molar-refractivity contribution in [1.29, 1.82) is 0 Å². The van der Waals surface area contributed by atoms with Crippen LogP contribution in [0.2, 0.25) is 0 Å². The Morgan fingerprint density at radius 3 is 1.06 bits per heavy atom. The summed E-state index contributed by atoms with van der Waals surface area (Å²) < 4.78 is 58.9. The highest BCUT2D eigenvalue weighted by molar-refractivity contribution is 7.86. The largest absolute Gasteiger partial charge is 0.741 e. The summed E-state index contributed by atoms with van der Waals surface area (Å²) in [6.07, 6.45) is 30.0. The third-order valence-electron chi connectivity index (χ3n) is 6.23. The molecule has 0 spiro atoms. The summed E-state index contributed by atoms with van der Waals surface area (Å²) in [5, 5.41) is 0. The minimum Gasteiger partial charge on any atom is -0.741 e. The van der Waals surface area contributed by atoms with E-state index in [0.29, 0.717) is 0 Å². The molecule has 0 bridgehead atoms. The van der Waals surface area contributed by atoms with Gasteiger partial charge in [0.25, 0.3) is 0 Å². The molecule has 0 amide bonds. The molecule has 3 nitrogen and oxygen atoms in total. The van der Waals surface area contributed by atoms with Crippen LogP contribution in [0.4, 0.5) is 13.2 Å². The van der Waals surface area contributed by atoms with Gasteiger partial charge in [-0.3, -0.25) is 0 Å². The van der Waals surface area contributed by atoms with Crippen LogP contribution in [0, 0.1) is 0 Å². The number of hydrogen-bond donors (Lipinski definition) is 0. The van der Waals surface area contributed by atoms with Gasteiger partial charge in [0.05, 0.1) is 24.6 Å². The van der Waals surface area contributed by atoms with Crippen molar-refractivity contribution in [2.75, 3.05) is 24.6 Å². The average Bonchev–Trinajstić information content (AvgIpc) is 2.74. The van der Waals surface area contributed by atoms with E-state index < -0.39 is 22.9 Å². The van der Waals surface area contributed by atoms with Gasteiger partial charge >= 0.3 is 5.51 Å². The van der Waals surface area contributed by atoms with E-state index in [1.807, 2.05) is 0 Å².